The van der Waals surface area contributed by atoms with Gasteiger partial charge in [-0.3, -0.25) is 9.69 Å². The average molecular weight is 355 g/mol. The maximum atomic E-state index is 12.2. The second-order valence-corrected chi connectivity index (χ2v) is 8.67. The van der Waals surface area contributed by atoms with E-state index in [1.165, 1.54) is 11.3 Å². The second-order valence-electron chi connectivity index (χ2n) is 6.88. The van der Waals surface area contributed by atoms with Gasteiger partial charge in [-0.25, -0.2) is 9.78 Å². The third-order valence-electron chi connectivity index (χ3n) is 3.71. The highest BCUT2D eigenvalue weighted by Gasteiger charge is 2.33. The van der Waals surface area contributed by atoms with Crippen LogP contribution in [-0.4, -0.2) is 45.8 Å². The van der Waals surface area contributed by atoms with Gasteiger partial charge in [-0.2, -0.15) is 12.6 Å². The quantitative estimate of drug-likeness (QED) is 0.786. The fraction of sp³-hybridized carbons (Fsp3) is 0.667. The number of fused-ring (bicyclic) bond motifs is 1. The highest BCUT2D eigenvalue weighted by atomic mass is 32.1. The number of anilines is 1. The summed E-state index contributed by atoms with van der Waals surface area (Å²) in [5.41, 5.74) is 0.486. The summed E-state index contributed by atoms with van der Waals surface area (Å²) in [5.74, 6) is 0.0695. The zero-order chi connectivity index (χ0) is 16.8. The van der Waals surface area contributed by atoms with E-state index in [9.17, 15) is 9.59 Å². The summed E-state index contributed by atoms with van der Waals surface area (Å²) in [6.45, 7) is 7.26. The van der Waals surface area contributed by atoms with Crippen LogP contribution in [-0.2, 0) is 22.5 Å². The average Bonchev–Trinajstić information content (AvgIpc) is 2.98. The van der Waals surface area contributed by atoms with Crippen molar-refractivity contribution in [3.63, 3.8) is 0 Å². The van der Waals surface area contributed by atoms with Crippen LogP contribution in [0.2, 0.25) is 0 Å². The smallest absolute Gasteiger partial charge is 0.410 e. The van der Waals surface area contributed by atoms with Crippen molar-refractivity contribution in [2.24, 2.45) is 0 Å². The Bertz CT molecular complexity index is 638. The molecule has 0 N–H and O–H groups in total. The molecule has 23 heavy (non-hydrogen) atoms. The molecule has 0 bridgehead atoms. The molecule has 1 aromatic heterocycles. The topological polar surface area (TPSA) is 62.7 Å². The normalized spacial score (nSPS) is 21.6. The molecule has 1 atom stereocenters. The van der Waals surface area contributed by atoms with Crippen molar-refractivity contribution < 1.29 is 14.3 Å². The van der Waals surface area contributed by atoms with E-state index in [1.54, 1.807) is 9.80 Å². The molecular formula is C15H21N3O3S2. The molecule has 0 aromatic carbocycles. The Hall–Kier alpha value is -1.28. The molecule has 0 saturated carbocycles. The monoisotopic (exact) mass is 355 g/mol. The molecule has 3 rings (SSSR count). The van der Waals surface area contributed by atoms with Crippen molar-refractivity contribution in [1.82, 2.24) is 9.88 Å². The fourth-order valence-electron chi connectivity index (χ4n) is 2.65. The molecule has 6 nitrogen and oxygen atoms in total. The molecule has 0 radical (unpaired) electrons. The number of thiol groups is 1. The Kier molecular flexibility index (Phi) is 4.31. The number of hydrogen-bond acceptors (Lipinski definition) is 6. The molecule has 2 amide bonds. The Morgan fingerprint density at radius 3 is 2.78 bits per heavy atom. The van der Waals surface area contributed by atoms with Crippen LogP contribution in [0.5, 0.6) is 0 Å². The summed E-state index contributed by atoms with van der Waals surface area (Å²) in [6, 6.07) is 0. The summed E-state index contributed by atoms with van der Waals surface area (Å²) < 4.78 is 5.43. The number of ether oxygens (including phenoxy) is 1. The summed E-state index contributed by atoms with van der Waals surface area (Å²) >= 11 is 5.87. The van der Waals surface area contributed by atoms with Crippen LogP contribution in [0.3, 0.4) is 0 Å². The number of aromatic nitrogens is 1. The zero-order valence-electron chi connectivity index (χ0n) is 13.5. The summed E-state index contributed by atoms with van der Waals surface area (Å²) in [4.78, 5) is 33.2. The van der Waals surface area contributed by atoms with Crippen LogP contribution < -0.4 is 4.90 Å². The van der Waals surface area contributed by atoms with Gasteiger partial charge >= 0.3 is 6.09 Å². The van der Waals surface area contributed by atoms with Crippen LogP contribution in [0.25, 0.3) is 0 Å². The van der Waals surface area contributed by atoms with Crippen molar-refractivity contribution in [1.29, 1.82) is 0 Å². The predicted molar refractivity (Wildman–Crippen MR) is 92.2 cm³/mol. The molecule has 0 aliphatic carbocycles. The molecule has 2 aliphatic rings. The van der Waals surface area contributed by atoms with E-state index in [1.807, 2.05) is 20.8 Å². The van der Waals surface area contributed by atoms with Gasteiger partial charge in [-0.05, 0) is 20.8 Å². The molecule has 1 saturated heterocycles. The van der Waals surface area contributed by atoms with Crippen molar-refractivity contribution in [2.75, 3.05) is 18.0 Å². The molecule has 2 aliphatic heterocycles. The minimum atomic E-state index is -0.500. The molecule has 126 valence electrons. The number of hydrogen-bond donors (Lipinski definition) is 1. The maximum Gasteiger partial charge on any atom is 0.410 e. The lowest BCUT2D eigenvalue weighted by Crippen LogP contribution is -2.39. The zero-order valence-corrected chi connectivity index (χ0v) is 15.2. The summed E-state index contributed by atoms with van der Waals surface area (Å²) in [5, 5.41) is 0.796. The number of carbonyl (C=O) groups is 2. The minimum absolute atomic E-state index is 0.0695. The standard InChI is InChI=1S/C15H21N3O3S2/c1-15(2,3)21-14(20)17-5-4-10-11(8-17)23-13(16-10)18-7-9(22)6-12(18)19/h9,22H,4-8H2,1-3H3. The van der Waals surface area contributed by atoms with Crippen LogP contribution in [0.1, 0.15) is 37.8 Å². The van der Waals surface area contributed by atoms with Crippen LogP contribution in [0.15, 0.2) is 0 Å². The molecule has 0 spiro atoms. The minimum Gasteiger partial charge on any atom is -0.444 e. The lowest BCUT2D eigenvalue weighted by molar-refractivity contribution is -0.117. The Labute approximate surface area is 145 Å². The van der Waals surface area contributed by atoms with Gasteiger partial charge < -0.3 is 9.64 Å². The van der Waals surface area contributed by atoms with Crippen molar-refractivity contribution in [2.45, 2.75) is 51.0 Å². The number of amides is 2. The van der Waals surface area contributed by atoms with E-state index >= 15 is 0 Å². The molecule has 1 aromatic rings. The SMILES string of the molecule is CC(C)(C)OC(=O)N1CCc2nc(N3CC(S)CC3=O)sc2C1. The second kappa shape index (κ2) is 5.98. The first kappa shape index (κ1) is 16.6. The van der Waals surface area contributed by atoms with E-state index < -0.39 is 5.60 Å². The van der Waals surface area contributed by atoms with Crippen molar-refractivity contribution in [3.8, 4) is 0 Å². The molecule has 1 unspecified atom stereocenters. The fourth-order valence-corrected chi connectivity index (χ4v) is 4.12. The third-order valence-corrected chi connectivity index (χ3v) is 5.16. The number of carbonyl (C=O) groups excluding carboxylic acids is 2. The number of rotatable bonds is 1. The molecule has 8 heteroatoms. The van der Waals surface area contributed by atoms with E-state index in [0.29, 0.717) is 32.5 Å². The number of thiazole rings is 1. The largest absolute Gasteiger partial charge is 0.444 e. The van der Waals surface area contributed by atoms with Gasteiger partial charge in [0.2, 0.25) is 5.91 Å². The number of nitrogens with zero attached hydrogens (tertiary/aromatic N) is 3. The van der Waals surface area contributed by atoms with Crippen molar-refractivity contribution in [3.05, 3.63) is 10.6 Å². The molecular weight excluding hydrogens is 334 g/mol. The first-order chi connectivity index (χ1) is 10.7. The van der Waals surface area contributed by atoms with Crippen LogP contribution in [0.4, 0.5) is 9.93 Å². The Morgan fingerprint density at radius 2 is 2.17 bits per heavy atom. The van der Waals surface area contributed by atoms with Gasteiger partial charge in [-0.1, -0.05) is 11.3 Å². The van der Waals surface area contributed by atoms with Gasteiger partial charge in [0, 0.05) is 36.1 Å². The Morgan fingerprint density at radius 1 is 1.43 bits per heavy atom. The van der Waals surface area contributed by atoms with E-state index in [4.69, 9.17) is 4.74 Å². The van der Waals surface area contributed by atoms with Gasteiger partial charge in [0.15, 0.2) is 5.13 Å². The Balaban J connectivity index is 1.72. The molecule has 1 fully saturated rings. The van der Waals surface area contributed by atoms with Gasteiger partial charge in [0.1, 0.15) is 5.60 Å². The van der Waals surface area contributed by atoms with Crippen LogP contribution >= 0.6 is 24.0 Å². The van der Waals surface area contributed by atoms with Crippen molar-refractivity contribution >= 4 is 41.1 Å². The maximum absolute atomic E-state index is 12.2. The first-order valence-electron chi connectivity index (χ1n) is 7.68. The highest BCUT2D eigenvalue weighted by molar-refractivity contribution is 7.81. The van der Waals surface area contributed by atoms with E-state index in [2.05, 4.69) is 17.6 Å². The lowest BCUT2D eigenvalue weighted by atomic mass is 10.2. The third kappa shape index (κ3) is 3.63. The van der Waals surface area contributed by atoms with Gasteiger partial charge in [0.25, 0.3) is 0 Å². The lowest BCUT2D eigenvalue weighted by Gasteiger charge is -2.29. The predicted octanol–water partition coefficient (Wildman–Crippen LogP) is 2.47. The summed E-state index contributed by atoms with van der Waals surface area (Å²) in [7, 11) is 0. The van der Waals surface area contributed by atoms with Gasteiger partial charge in [-0.15, -0.1) is 0 Å². The van der Waals surface area contributed by atoms with Crippen LogP contribution in [0, 0.1) is 0 Å². The molecule has 3 heterocycles. The van der Waals surface area contributed by atoms with Gasteiger partial charge in [0.05, 0.1) is 12.2 Å². The first-order valence-corrected chi connectivity index (χ1v) is 9.01. The van der Waals surface area contributed by atoms with E-state index in [0.717, 1.165) is 15.7 Å². The van der Waals surface area contributed by atoms with E-state index in [-0.39, 0.29) is 17.3 Å². The highest BCUT2D eigenvalue weighted by Crippen LogP contribution is 2.33. The summed E-state index contributed by atoms with van der Waals surface area (Å²) in [6.07, 6.45) is 0.847.